The second-order valence-electron chi connectivity index (χ2n) is 4.53. The zero-order valence-electron chi connectivity index (χ0n) is 10.9. The molecule has 0 saturated heterocycles. The Hall–Kier alpha value is -2.03. The number of nitrogens with zero attached hydrogens (tertiary/aromatic N) is 2. The highest BCUT2D eigenvalue weighted by Crippen LogP contribution is 2.19. The molecule has 94 valence electrons. The molecule has 3 nitrogen and oxygen atoms in total. The average molecular weight is 241 g/mol. The van der Waals surface area contributed by atoms with Gasteiger partial charge in [-0.1, -0.05) is 12.1 Å². The second-order valence-corrected chi connectivity index (χ2v) is 4.53. The third-order valence-corrected chi connectivity index (χ3v) is 3.13. The van der Waals surface area contributed by atoms with Crippen molar-refractivity contribution in [3.8, 4) is 0 Å². The maximum atomic E-state index is 5.93. The van der Waals surface area contributed by atoms with Gasteiger partial charge in [-0.05, 0) is 36.8 Å². The summed E-state index contributed by atoms with van der Waals surface area (Å²) in [4.78, 5) is 6.52. The van der Waals surface area contributed by atoms with Gasteiger partial charge in [0.2, 0.25) is 0 Å². The van der Waals surface area contributed by atoms with E-state index in [4.69, 9.17) is 5.73 Å². The number of nitrogen functional groups attached to an aromatic ring is 1. The molecule has 0 atom stereocenters. The molecule has 0 unspecified atom stereocenters. The number of likely N-dealkylation sites (N-methyl/N-ethyl adjacent to an activating group) is 1. The van der Waals surface area contributed by atoms with Gasteiger partial charge in [-0.3, -0.25) is 4.98 Å². The van der Waals surface area contributed by atoms with Crippen LogP contribution in [-0.2, 0) is 6.42 Å². The average Bonchev–Trinajstić information content (AvgIpc) is 2.40. The molecule has 0 amide bonds. The van der Waals surface area contributed by atoms with E-state index in [9.17, 15) is 0 Å². The standard InChI is InChI=1S/C15H19N3/c1-12-6-7-14(11-15(12)16)18(2)10-8-13-5-3-4-9-17-13/h3-7,9,11H,8,10,16H2,1-2H3. The zero-order valence-corrected chi connectivity index (χ0v) is 10.9. The van der Waals surface area contributed by atoms with E-state index in [1.54, 1.807) is 0 Å². The fourth-order valence-electron chi connectivity index (χ4n) is 1.82. The number of hydrogen-bond acceptors (Lipinski definition) is 3. The van der Waals surface area contributed by atoms with E-state index in [0.717, 1.165) is 35.6 Å². The van der Waals surface area contributed by atoms with Gasteiger partial charge in [0.1, 0.15) is 0 Å². The predicted octanol–water partition coefficient (Wildman–Crippen LogP) is 2.65. The molecule has 0 bridgehead atoms. The summed E-state index contributed by atoms with van der Waals surface area (Å²) in [7, 11) is 2.08. The second kappa shape index (κ2) is 5.54. The fourth-order valence-corrected chi connectivity index (χ4v) is 1.82. The third kappa shape index (κ3) is 3.00. The Morgan fingerprint density at radius 3 is 2.72 bits per heavy atom. The van der Waals surface area contributed by atoms with Crippen LogP contribution in [-0.4, -0.2) is 18.6 Å². The van der Waals surface area contributed by atoms with Crippen LogP contribution in [0.1, 0.15) is 11.3 Å². The summed E-state index contributed by atoms with van der Waals surface area (Å²) in [5, 5.41) is 0. The first kappa shape index (κ1) is 12.4. The minimum absolute atomic E-state index is 0.845. The largest absolute Gasteiger partial charge is 0.398 e. The quantitative estimate of drug-likeness (QED) is 0.837. The van der Waals surface area contributed by atoms with Crippen LogP contribution in [0.25, 0.3) is 0 Å². The van der Waals surface area contributed by atoms with Crippen LogP contribution in [0.15, 0.2) is 42.6 Å². The van der Waals surface area contributed by atoms with Gasteiger partial charge < -0.3 is 10.6 Å². The molecule has 1 heterocycles. The van der Waals surface area contributed by atoms with Crippen LogP contribution in [0, 0.1) is 6.92 Å². The van der Waals surface area contributed by atoms with Crippen molar-refractivity contribution in [1.29, 1.82) is 0 Å². The summed E-state index contributed by atoms with van der Waals surface area (Å²) in [6.45, 7) is 2.95. The lowest BCUT2D eigenvalue weighted by molar-refractivity contribution is 0.852. The Morgan fingerprint density at radius 2 is 2.06 bits per heavy atom. The lowest BCUT2D eigenvalue weighted by Gasteiger charge is -2.20. The molecule has 0 spiro atoms. The number of aryl methyl sites for hydroxylation is 1. The van der Waals surface area contributed by atoms with Gasteiger partial charge in [-0.2, -0.15) is 0 Å². The number of nitrogens with two attached hydrogens (primary N) is 1. The Balaban J connectivity index is 1.99. The van der Waals surface area contributed by atoms with Crippen molar-refractivity contribution in [3.63, 3.8) is 0 Å². The lowest BCUT2D eigenvalue weighted by atomic mass is 10.1. The van der Waals surface area contributed by atoms with E-state index in [2.05, 4.69) is 35.1 Å². The van der Waals surface area contributed by atoms with Crippen LogP contribution < -0.4 is 10.6 Å². The molecule has 1 aromatic carbocycles. The first-order valence-electron chi connectivity index (χ1n) is 6.14. The number of benzene rings is 1. The fraction of sp³-hybridized carbons (Fsp3) is 0.267. The number of hydrogen-bond donors (Lipinski definition) is 1. The van der Waals surface area contributed by atoms with Gasteiger partial charge in [0, 0.05) is 43.3 Å². The molecular weight excluding hydrogens is 222 g/mol. The Bertz CT molecular complexity index is 508. The Morgan fingerprint density at radius 1 is 1.22 bits per heavy atom. The Labute approximate surface area is 108 Å². The van der Waals surface area contributed by atoms with Gasteiger partial charge in [0.25, 0.3) is 0 Å². The van der Waals surface area contributed by atoms with Gasteiger partial charge in [0.05, 0.1) is 0 Å². The molecule has 0 aliphatic rings. The number of pyridine rings is 1. The topological polar surface area (TPSA) is 42.2 Å². The molecule has 1 aromatic heterocycles. The highest BCUT2D eigenvalue weighted by atomic mass is 15.1. The van der Waals surface area contributed by atoms with Crippen LogP contribution in [0.4, 0.5) is 11.4 Å². The first-order valence-corrected chi connectivity index (χ1v) is 6.14. The van der Waals surface area contributed by atoms with E-state index < -0.39 is 0 Å². The van der Waals surface area contributed by atoms with E-state index in [0.29, 0.717) is 0 Å². The maximum absolute atomic E-state index is 5.93. The van der Waals surface area contributed by atoms with Gasteiger partial charge in [0.15, 0.2) is 0 Å². The molecule has 0 fully saturated rings. The molecule has 0 radical (unpaired) electrons. The van der Waals surface area contributed by atoms with Gasteiger partial charge in [-0.25, -0.2) is 0 Å². The monoisotopic (exact) mass is 241 g/mol. The van der Waals surface area contributed by atoms with Gasteiger partial charge >= 0.3 is 0 Å². The summed E-state index contributed by atoms with van der Waals surface area (Å²) in [5.74, 6) is 0. The summed E-state index contributed by atoms with van der Waals surface area (Å²) >= 11 is 0. The van der Waals surface area contributed by atoms with E-state index in [1.165, 1.54) is 0 Å². The van der Waals surface area contributed by atoms with Crippen molar-refractivity contribution < 1.29 is 0 Å². The third-order valence-electron chi connectivity index (χ3n) is 3.13. The molecular formula is C15H19N3. The number of rotatable bonds is 4. The van der Waals surface area contributed by atoms with E-state index in [-0.39, 0.29) is 0 Å². The number of aromatic nitrogens is 1. The summed E-state index contributed by atoms with van der Waals surface area (Å²) in [6, 6.07) is 12.2. The molecule has 2 aromatic rings. The van der Waals surface area contributed by atoms with Crippen LogP contribution in [0.5, 0.6) is 0 Å². The van der Waals surface area contributed by atoms with Gasteiger partial charge in [-0.15, -0.1) is 0 Å². The lowest BCUT2D eigenvalue weighted by Crippen LogP contribution is -2.20. The van der Waals surface area contributed by atoms with Crippen molar-refractivity contribution in [3.05, 3.63) is 53.9 Å². The van der Waals surface area contributed by atoms with Crippen LogP contribution in [0.3, 0.4) is 0 Å². The highest BCUT2D eigenvalue weighted by Gasteiger charge is 2.03. The van der Waals surface area contributed by atoms with Crippen LogP contribution in [0.2, 0.25) is 0 Å². The molecule has 0 saturated carbocycles. The number of anilines is 2. The van der Waals surface area contributed by atoms with Crippen LogP contribution >= 0.6 is 0 Å². The zero-order chi connectivity index (χ0) is 13.0. The van der Waals surface area contributed by atoms with Crippen molar-refractivity contribution in [2.24, 2.45) is 0 Å². The molecule has 18 heavy (non-hydrogen) atoms. The maximum Gasteiger partial charge on any atom is 0.0421 e. The summed E-state index contributed by atoms with van der Waals surface area (Å²) in [6.07, 6.45) is 2.77. The normalized spacial score (nSPS) is 10.3. The molecule has 0 aliphatic carbocycles. The summed E-state index contributed by atoms with van der Waals surface area (Å²) in [5.41, 5.74) is 10.2. The van der Waals surface area contributed by atoms with E-state index >= 15 is 0 Å². The van der Waals surface area contributed by atoms with Crippen molar-refractivity contribution >= 4 is 11.4 Å². The highest BCUT2D eigenvalue weighted by molar-refractivity contribution is 5.59. The summed E-state index contributed by atoms with van der Waals surface area (Å²) < 4.78 is 0. The SMILES string of the molecule is Cc1ccc(N(C)CCc2ccccn2)cc1N. The Kier molecular flexibility index (Phi) is 3.82. The predicted molar refractivity (Wildman–Crippen MR) is 76.8 cm³/mol. The molecule has 2 N–H and O–H groups in total. The van der Waals surface area contributed by atoms with E-state index in [1.807, 2.05) is 31.3 Å². The van der Waals surface area contributed by atoms with Crippen molar-refractivity contribution in [2.75, 3.05) is 24.2 Å². The van der Waals surface area contributed by atoms with Crippen molar-refractivity contribution in [2.45, 2.75) is 13.3 Å². The minimum Gasteiger partial charge on any atom is -0.398 e. The van der Waals surface area contributed by atoms with Crippen molar-refractivity contribution in [1.82, 2.24) is 4.98 Å². The molecule has 3 heteroatoms. The molecule has 2 rings (SSSR count). The first-order chi connectivity index (χ1) is 8.66. The minimum atomic E-state index is 0.845. The molecule has 0 aliphatic heterocycles. The smallest absolute Gasteiger partial charge is 0.0421 e.